The first kappa shape index (κ1) is 14.1. The maximum absolute atomic E-state index is 11.9. The number of thiocarbonyl (C=S) groups is 1. The van der Waals surface area contributed by atoms with E-state index < -0.39 is 0 Å². The lowest BCUT2D eigenvalue weighted by atomic mass is 10.2. The minimum atomic E-state index is -0.0219. The van der Waals surface area contributed by atoms with Gasteiger partial charge in [-0.05, 0) is 31.0 Å². The smallest absolute Gasteiger partial charge is 0.260 e. The molecule has 0 bridgehead atoms. The van der Waals surface area contributed by atoms with Gasteiger partial charge in [-0.15, -0.1) is 0 Å². The van der Waals surface area contributed by atoms with Gasteiger partial charge in [0.2, 0.25) is 0 Å². The van der Waals surface area contributed by atoms with Crippen molar-refractivity contribution in [2.24, 2.45) is 5.73 Å². The molecule has 0 spiro atoms. The number of halogens is 1. The van der Waals surface area contributed by atoms with Crippen LogP contribution in [0.15, 0.2) is 18.2 Å². The average Bonchev–Trinajstić information content (AvgIpc) is 2.89. The lowest BCUT2D eigenvalue weighted by Gasteiger charge is -2.16. The monoisotopic (exact) mass is 298 g/mol. The number of nitrogens with two attached hydrogens (primary N) is 1. The van der Waals surface area contributed by atoms with Crippen molar-refractivity contribution in [3.63, 3.8) is 0 Å². The highest BCUT2D eigenvalue weighted by molar-refractivity contribution is 7.80. The van der Waals surface area contributed by atoms with Crippen molar-refractivity contribution in [2.75, 3.05) is 19.7 Å². The molecule has 0 unspecified atom stereocenters. The predicted octanol–water partition coefficient (Wildman–Crippen LogP) is 1.98. The van der Waals surface area contributed by atoms with E-state index in [9.17, 15) is 4.79 Å². The number of ether oxygens (including phenoxy) is 1. The molecule has 1 aromatic rings. The molecule has 6 heteroatoms. The topological polar surface area (TPSA) is 55.6 Å². The Hall–Kier alpha value is -1.33. The van der Waals surface area contributed by atoms with Crippen LogP contribution in [0.4, 0.5) is 0 Å². The van der Waals surface area contributed by atoms with Gasteiger partial charge in [0.05, 0.1) is 5.56 Å². The van der Waals surface area contributed by atoms with E-state index in [0.717, 1.165) is 25.9 Å². The molecule has 0 atom stereocenters. The lowest BCUT2D eigenvalue weighted by molar-refractivity contribution is -0.132. The molecule has 0 aliphatic carbocycles. The Morgan fingerprint density at radius 1 is 1.42 bits per heavy atom. The molecule has 1 aliphatic rings. The molecule has 1 aliphatic heterocycles. The number of benzene rings is 1. The molecule has 1 heterocycles. The maximum Gasteiger partial charge on any atom is 0.260 e. The van der Waals surface area contributed by atoms with E-state index >= 15 is 0 Å². The third kappa shape index (κ3) is 3.58. The van der Waals surface area contributed by atoms with E-state index in [0.29, 0.717) is 16.3 Å². The summed E-state index contributed by atoms with van der Waals surface area (Å²) in [5, 5.41) is 0.517. The highest BCUT2D eigenvalue weighted by Gasteiger charge is 2.19. The number of carbonyl (C=O) groups is 1. The molecule has 1 aromatic carbocycles. The zero-order chi connectivity index (χ0) is 13.8. The predicted molar refractivity (Wildman–Crippen MR) is 78.6 cm³/mol. The fourth-order valence-corrected chi connectivity index (χ4v) is 2.35. The maximum atomic E-state index is 11.9. The number of hydrogen-bond donors (Lipinski definition) is 1. The van der Waals surface area contributed by atoms with Crippen LogP contribution in [0.1, 0.15) is 18.4 Å². The van der Waals surface area contributed by atoms with Crippen molar-refractivity contribution in [1.29, 1.82) is 0 Å². The van der Waals surface area contributed by atoms with Gasteiger partial charge < -0.3 is 15.4 Å². The summed E-state index contributed by atoms with van der Waals surface area (Å²) < 4.78 is 5.51. The molecule has 1 saturated heterocycles. The third-order valence-corrected chi connectivity index (χ3v) is 3.47. The molecule has 0 radical (unpaired) electrons. The number of carbonyl (C=O) groups excluding carboxylic acids is 1. The molecule has 2 N–H and O–H groups in total. The van der Waals surface area contributed by atoms with Crippen LogP contribution in [0.5, 0.6) is 5.75 Å². The lowest BCUT2D eigenvalue weighted by Crippen LogP contribution is -2.32. The van der Waals surface area contributed by atoms with Gasteiger partial charge in [-0.1, -0.05) is 23.8 Å². The number of hydrogen-bond acceptors (Lipinski definition) is 3. The summed E-state index contributed by atoms with van der Waals surface area (Å²) in [6, 6.07) is 5.00. The Balaban J connectivity index is 2.04. The first-order valence-corrected chi connectivity index (χ1v) is 6.86. The molecule has 1 amide bonds. The van der Waals surface area contributed by atoms with E-state index in [1.807, 2.05) is 0 Å². The minimum Gasteiger partial charge on any atom is -0.483 e. The van der Waals surface area contributed by atoms with Crippen molar-refractivity contribution >= 4 is 34.7 Å². The van der Waals surface area contributed by atoms with Gasteiger partial charge in [0, 0.05) is 18.1 Å². The van der Waals surface area contributed by atoms with Gasteiger partial charge in [-0.2, -0.15) is 0 Å². The Morgan fingerprint density at radius 2 is 2.11 bits per heavy atom. The van der Waals surface area contributed by atoms with Gasteiger partial charge in [0.15, 0.2) is 6.61 Å². The molecular formula is C13H15ClN2O2S. The van der Waals surface area contributed by atoms with E-state index in [2.05, 4.69) is 0 Å². The van der Waals surface area contributed by atoms with Crippen molar-refractivity contribution in [1.82, 2.24) is 4.90 Å². The normalized spacial score (nSPS) is 14.5. The van der Waals surface area contributed by atoms with Gasteiger partial charge in [0.25, 0.3) is 5.91 Å². The quantitative estimate of drug-likeness (QED) is 0.864. The average molecular weight is 299 g/mol. The van der Waals surface area contributed by atoms with Crippen LogP contribution in [-0.4, -0.2) is 35.5 Å². The molecule has 1 fully saturated rings. The summed E-state index contributed by atoms with van der Waals surface area (Å²) in [5.74, 6) is 0.430. The molecular weight excluding hydrogens is 284 g/mol. The van der Waals surface area contributed by atoms with Gasteiger partial charge in [0.1, 0.15) is 10.7 Å². The fourth-order valence-electron chi connectivity index (χ4n) is 2.02. The Kier molecular flexibility index (Phi) is 4.61. The van der Waals surface area contributed by atoms with Crippen LogP contribution in [0.3, 0.4) is 0 Å². The number of amides is 1. The van der Waals surface area contributed by atoms with Crippen molar-refractivity contribution in [3.05, 3.63) is 28.8 Å². The summed E-state index contributed by atoms with van der Waals surface area (Å²) >= 11 is 10.8. The highest BCUT2D eigenvalue weighted by atomic mass is 35.5. The molecule has 19 heavy (non-hydrogen) atoms. The van der Waals surface area contributed by atoms with Crippen LogP contribution < -0.4 is 10.5 Å². The second-order valence-corrected chi connectivity index (χ2v) is 5.26. The number of rotatable bonds is 4. The third-order valence-electron chi connectivity index (χ3n) is 3.02. The summed E-state index contributed by atoms with van der Waals surface area (Å²) in [6.45, 7) is 1.59. The van der Waals surface area contributed by atoms with E-state index in [4.69, 9.17) is 34.3 Å². The van der Waals surface area contributed by atoms with Crippen LogP contribution in [0.25, 0.3) is 0 Å². The van der Waals surface area contributed by atoms with Crippen molar-refractivity contribution in [2.45, 2.75) is 12.8 Å². The highest BCUT2D eigenvalue weighted by Crippen LogP contribution is 2.23. The van der Waals surface area contributed by atoms with Crippen LogP contribution in [0.2, 0.25) is 5.02 Å². The van der Waals surface area contributed by atoms with Gasteiger partial charge in [-0.3, -0.25) is 4.79 Å². The fraction of sp³-hybridized carbons (Fsp3) is 0.385. The van der Waals surface area contributed by atoms with Gasteiger partial charge in [-0.25, -0.2) is 0 Å². The SMILES string of the molecule is NC(=S)c1ccc(Cl)cc1OCC(=O)N1CCCC1. The molecule has 2 rings (SSSR count). The van der Waals surface area contributed by atoms with Crippen LogP contribution in [-0.2, 0) is 4.79 Å². The Bertz CT molecular complexity index is 501. The van der Waals surface area contributed by atoms with E-state index in [1.54, 1.807) is 23.1 Å². The molecule has 102 valence electrons. The second kappa shape index (κ2) is 6.21. The van der Waals surface area contributed by atoms with Crippen LogP contribution >= 0.6 is 23.8 Å². The first-order chi connectivity index (χ1) is 9.08. The van der Waals surface area contributed by atoms with E-state index in [-0.39, 0.29) is 17.5 Å². The summed E-state index contributed by atoms with van der Waals surface area (Å²) in [4.78, 5) is 13.9. The summed E-state index contributed by atoms with van der Waals surface area (Å²) in [5.41, 5.74) is 6.20. The Morgan fingerprint density at radius 3 is 2.74 bits per heavy atom. The van der Waals surface area contributed by atoms with Gasteiger partial charge >= 0.3 is 0 Å². The summed E-state index contributed by atoms with van der Waals surface area (Å²) in [6.07, 6.45) is 2.11. The molecule has 0 saturated carbocycles. The Labute approximate surface area is 122 Å². The zero-order valence-corrected chi connectivity index (χ0v) is 12.0. The summed E-state index contributed by atoms with van der Waals surface area (Å²) in [7, 11) is 0. The number of likely N-dealkylation sites (tertiary alicyclic amines) is 1. The van der Waals surface area contributed by atoms with Crippen LogP contribution in [0, 0.1) is 0 Å². The van der Waals surface area contributed by atoms with Crippen molar-refractivity contribution in [3.8, 4) is 5.75 Å². The van der Waals surface area contributed by atoms with Crippen molar-refractivity contribution < 1.29 is 9.53 Å². The largest absolute Gasteiger partial charge is 0.483 e. The number of nitrogens with zero attached hydrogens (tertiary/aromatic N) is 1. The first-order valence-electron chi connectivity index (χ1n) is 6.08. The molecule has 4 nitrogen and oxygen atoms in total. The molecule has 0 aromatic heterocycles. The standard InChI is InChI=1S/C13H15ClN2O2S/c14-9-3-4-10(13(15)19)11(7-9)18-8-12(17)16-5-1-2-6-16/h3-4,7H,1-2,5-6,8H2,(H2,15,19). The second-order valence-electron chi connectivity index (χ2n) is 4.38. The zero-order valence-electron chi connectivity index (χ0n) is 10.4. The minimum absolute atomic E-state index is 0.0179. The van der Waals surface area contributed by atoms with E-state index in [1.165, 1.54) is 0 Å².